The van der Waals surface area contributed by atoms with Crippen molar-refractivity contribution in [3.05, 3.63) is 0 Å². The monoisotopic (exact) mass is 253 g/mol. The van der Waals surface area contributed by atoms with Crippen LogP contribution in [0.25, 0.3) is 0 Å². The molecule has 4 heteroatoms. The Morgan fingerprint density at radius 1 is 1.17 bits per heavy atom. The Hall–Kier alpha value is -0.770. The molecule has 1 unspecified atom stereocenters. The number of nitrogens with zero attached hydrogens (tertiary/aromatic N) is 1. The Balaban J connectivity index is 1.70. The number of nitrogens with one attached hydrogen (secondary N) is 2. The van der Waals surface area contributed by atoms with Gasteiger partial charge in [-0.2, -0.15) is 0 Å². The zero-order valence-corrected chi connectivity index (χ0v) is 11.6. The molecule has 104 valence electrons. The number of hydrogen-bond acceptors (Lipinski definition) is 2. The Morgan fingerprint density at radius 3 is 2.67 bits per heavy atom. The first kappa shape index (κ1) is 13.7. The smallest absolute Gasteiger partial charge is 0.191 e. The second-order valence-electron chi connectivity index (χ2n) is 5.39. The molecule has 0 aromatic heterocycles. The van der Waals surface area contributed by atoms with E-state index in [4.69, 9.17) is 4.74 Å². The van der Waals surface area contributed by atoms with Crippen LogP contribution >= 0.6 is 0 Å². The molecule has 2 N–H and O–H groups in total. The highest BCUT2D eigenvalue weighted by Crippen LogP contribution is 2.26. The fourth-order valence-electron chi connectivity index (χ4n) is 2.42. The van der Waals surface area contributed by atoms with Gasteiger partial charge < -0.3 is 15.4 Å². The van der Waals surface area contributed by atoms with Gasteiger partial charge in [0.2, 0.25) is 0 Å². The van der Waals surface area contributed by atoms with Crippen molar-refractivity contribution in [1.82, 2.24) is 10.6 Å². The molecule has 0 aromatic carbocycles. The fraction of sp³-hybridized carbons (Fsp3) is 0.929. The summed E-state index contributed by atoms with van der Waals surface area (Å²) >= 11 is 0. The maximum Gasteiger partial charge on any atom is 0.191 e. The molecule has 18 heavy (non-hydrogen) atoms. The van der Waals surface area contributed by atoms with Crippen LogP contribution in [0.5, 0.6) is 0 Å². The lowest BCUT2D eigenvalue weighted by molar-refractivity contribution is 0.0194. The molecule has 1 saturated carbocycles. The summed E-state index contributed by atoms with van der Waals surface area (Å²) in [6.07, 6.45) is 8.15. The van der Waals surface area contributed by atoms with Crippen molar-refractivity contribution in [1.29, 1.82) is 0 Å². The zero-order valence-electron chi connectivity index (χ0n) is 11.6. The lowest BCUT2D eigenvalue weighted by Crippen LogP contribution is -2.42. The van der Waals surface area contributed by atoms with Gasteiger partial charge in [-0.15, -0.1) is 0 Å². The van der Waals surface area contributed by atoms with Crippen LogP contribution in [0, 0.1) is 5.92 Å². The summed E-state index contributed by atoms with van der Waals surface area (Å²) in [6, 6.07) is 0. The van der Waals surface area contributed by atoms with Crippen molar-refractivity contribution in [2.24, 2.45) is 10.9 Å². The van der Waals surface area contributed by atoms with Crippen molar-refractivity contribution >= 4 is 5.96 Å². The van der Waals surface area contributed by atoms with Crippen LogP contribution in [-0.2, 0) is 4.74 Å². The highest BCUT2D eigenvalue weighted by molar-refractivity contribution is 5.79. The maximum atomic E-state index is 5.72. The first-order valence-corrected chi connectivity index (χ1v) is 7.52. The molecule has 2 fully saturated rings. The standard InChI is InChI=1S/C14H27N3O/c1-2-15-14(16-10-12-6-5-7-12)17-11-13-8-3-4-9-18-13/h12-13H,2-11H2,1H3,(H2,15,16,17). The van der Waals surface area contributed by atoms with Gasteiger partial charge in [0.05, 0.1) is 6.10 Å². The summed E-state index contributed by atoms with van der Waals surface area (Å²) in [6.45, 7) is 5.80. The lowest BCUT2D eigenvalue weighted by Gasteiger charge is -2.25. The van der Waals surface area contributed by atoms with Crippen molar-refractivity contribution in [2.75, 3.05) is 26.2 Å². The molecule has 0 aromatic rings. The minimum atomic E-state index is 0.367. The molecular formula is C14H27N3O. The fourth-order valence-corrected chi connectivity index (χ4v) is 2.42. The molecule has 1 saturated heterocycles. The predicted molar refractivity (Wildman–Crippen MR) is 74.9 cm³/mol. The molecule has 4 nitrogen and oxygen atoms in total. The number of aliphatic imine (C=N–C) groups is 1. The van der Waals surface area contributed by atoms with Crippen molar-refractivity contribution in [2.45, 2.75) is 51.6 Å². The third kappa shape index (κ3) is 4.48. The summed E-state index contributed by atoms with van der Waals surface area (Å²) in [7, 11) is 0. The van der Waals surface area contributed by atoms with Crippen LogP contribution < -0.4 is 10.6 Å². The second-order valence-corrected chi connectivity index (χ2v) is 5.39. The van der Waals surface area contributed by atoms with Gasteiger partial charge >= 0.3 is 0 Å². The minimum Gasteiger partial charge on any atom is -0.376 e. The highest BCUT2D eigenvalue weighted by Gasteiger charge is 2.17. The van der Waals surface area contributed by atoms with E-state index in [0.29, 0.717) is 6.10 Å². The molecule has 1 heterocycles. The van der Waals surface area contributed by atoms with Crippen LogP contribution in [-0.4, -0.2) is 38.3 Å². The maximum absolute atomic E-state index is 5.72. The van der Waals surface area contributed by atoms with Crippen molar-refractivity contribution in [3.8, 4) is 0 Å². The molecule has 0 amide bonds. The number of rotatable bonds is 5. The Bertz CT molecular complexity index is 258. The normalized spacial score (nSPS) is 25.6. The zero-order chi connectivity index (χ0) is 12.6. The molecule has 2 rings (SSSR count). The molecule has 1 aliphatic carbocycles. The summed E-state index contributed by atoms with van der Waals surface area (Å²) in [5.74, 6) is 1.78. The van der Waals surface area contributed by atoms with E-state index < -0.39 is 0 Å². The Morgan fingerprint density at radius 2 is 2.06 bits per heavy atom. The molecule has 0 spiro atoms. The molecule has 1 aliphatic heterocycles. The summed E-state index contributed by atoms with van der Waals surface area (Å²) in [5, 5.41) is 6.72. The van der Waals surface area contributed by atoms with Crippen molar-refractivity contribution in [3.63, 3.8) is 0 Å². The number of ether oxygens (including phenoxy) is 1. The van der Waals surface area contributed by atoms with Gasteiger partial charge in [-0.3, -0.25) is 4.99 Å². The van der Waals surface area contributed by atoms with E-state index in [9.17, 15) is 0 Å². The average Bonchev–Trinajstić information content (AvgIpc) is 2.35. The Labute approximate surface area is 111 Å². The van der Waals surface area contributed by atoms with Gasteiger partial charge in [-0.05, 0) is 44.9 Å². The van der Waals surface area contributed by atoms with Gasteiger partial charge in [0.25, 0.3) is 0 Å². The third-order valence-electron chi connectivity index (χ3n) is 3.85. The van der Waals surface area contributed by atoms with Gasteiger partial charge in [0.15, 0.2) is 5.96 Å². The highest BCUT2D eigenvalue weighted by atomic mass is 16.5. The minimum absolute atomic E-state index is 0.367. The largest absolute Gasteiger partial charge is 0.376 e. The van der Waals surface area contributed by atoms with E-state index in [1.54, 1.807) is 0 Å². The van der Waals surface area contributed by atoms with E-state index in [1.165, 1.54) is 38.5 Å². The van der Waals surface area contributed by atoms with Crippen molar-refractivity contribution < 1.29 is 4.74 Å². The lowest BCUT2D eigenvalue weighted by atomic mass is 9.86. The summed E-state index contributed by atoms with van der Waals surface area (Å²) in [4.78, 5) is 4.66. The average molecular weight is 253 g/mol. The quantitative estimate of drug-likeness (QED) is 0.581. The molecule has 2 aliphatic rings. The van der Waals surface area contributed by atoms with Crippen LogP contribution in [0.15, 0.2) is 4.99 Å². The SMILES string of the molecule is CCNC(=NCC1CCC1)NCC1CCCCO1. The van der Waals surface area contributed by atoms with E-state index in [-0.39, 0.29) is 0 Å². The first-order chi connectivity index (χ1) is 8.88. The number of guanidine groups is 1. The molecule has 1 atom stereocenters. The van der Waals surface area contributed by atoms with E-state index in [0.717, 1.165) is 38.1 Å². The third-order valence-corrected chi connectivity index (χ3v) is 3.85. The van der Waals surface area contributed by atoms with Crippen LogP contribution in [0.4, 0.5) is 0 Å². The van der Waals surface area contributed by atoms with E-state index >= 15 is 0 Å². The predicted octanol–water partition coefficient (Wildman–Crippen LogP) is 1.91. The van der Waals surface area contributed by atoms with E-state index in [1.807, 2.05) is 0 Å². The molecular weight excluding hydrogens is 226 g/mol. The van der Waals surface area contributed by atoms with Crippen LogP contribution in [0.3, 0.4) is 0 Å². The van der Waals surface area contributed by atoms with Gasteiger partial charge in [0, 0.05) is 26.2 Å². The second kappa shape index (κ2) is 7.62. The van der Waals surface area contributed by atoms with Gasteiger partial charge in [-0.1, -0.05) is 6.42 Å². The summed E-state index contributed by atoms with van der Waals surface area (Å²) in [5.41, 5.74) is 0. The summed E-state index contributed by atoms with van der Waals surface area (Å²) < 4.78 is 5.72. The van der Waals surface area contributed by atoms with Gasteiger partial charge in [0.1, 0.15) is 0 Å². The molecule has 0 radical (unpaired) electrons. The van der Waals surface area contributed by atoms with Crippen LogP contribution in [0.2, 0.25) is 0 Å². The number of hydrogen-bond donors (Lipinski definition) is 2. The van der Waals surface area contributed by atoms with Crippen LogP contribution in [0.1, 0.15) is 45.4 Å². The topological polar surface area (TPSA) is 45.7 Å². The Kier molecular flexibility index (Phi) is 5.78. The van der Waals surface area contributed by atoms with Gasteiger partial charge in [-0.25, -0.2) is 0 Å². The molecule has 0 bridgehead atoms. The van der Waals surface area contributed by atoms with E-state index in [2.05, 4.69) is 22.5 Å². The first-order valence-electron chi connectivity index (χ1n) is 7.52.